The zero-order valence-corrected chi connectivity index (χ0v) is 15.5. The number of Topliss-reactive ketones (excluding diaryl/α,β-unsaturated/α-hetero) is 1. The maximum Gasteiger partial charge on any atom is 0.244 e. The zero-order chi connectivity index (χ0) is 19.3. The van der Waals surface area contributed by atoms with E-state index in [2.05, 4.69) is 11.6 Å². The van der Waals surface area contributed by atoms with Crippen molar-refractivity contribution in [2.45, 2.75) is 37.8 Å². The minimum Gasteiger partial charge on any atom is -0.298 e. The van der Waals surface area contributed by atoms with Crippen molar-refractivity contribution in [3.05, 3.63) is 72.3 Å². The van der Waals surface area contributed by atoms with Crippen LogP contribution in [0.1, 0.15) is 24.5 Å². The molecule has 138 valence electrons. The van der Waals surface area contributed by atoms with Gasteiger partial charge in [0, 0.05) is 25.4 Å². The Morgan fingerprint density at radius 2 is 1.92 bits per heavy atom. The van der Waals surface area contributed by atoms with E-state index in [0.717, 1.165) is 9.87 Å². The molecule has 1 aromatic carbocycles. The van der Waals surface area contributed by atoms with Crippen LogP contribution in [0.25, 0.3) is 0 Å². The summed E-state index contributed by atoms with van der Waals surface area (Å²) >= 11 is 0. The molecule has 0 aliphatic rings. The van der Waals surface area contributed by atoms with Crippen LogP contribution in [-0.2, 0) is 21.4 Å². The second-order valence-corrected chi connectivity index (χ2v) is 7.96. The molecule has 0 bridgehead atoms. The van der Waals surface area contributed by atoms with Crippen molar-refractivity contribution >= 4 is 15.8 Å². The van der Waals surface area contributed by atoms with Gasteiger partial charge in [0.05, 0.1) is 16.8 Å². The molecule has 0 amide bonds. The molecule has 1 aromatic heterocycles. The van der Waals surface area contributed by atoms with Crippen molar-refractivity contribution in [3.63, 3.8) is 0 Å². The molecule has 0 unspecified atom stereocenters. The van der Waals surface area contributed by atoms with Crippen LogP contribution in [0, 0.1) is 6.92 Å². The third kappa shape index (κ3) is 4.83. The number of hydrogen-bond donors (Lipinski definition) is 0. The number of halogens is 1. The molecule has 26 heavy (non-hydrogen) atoms. The van der Waals surface area contributed by atoms with E-state index in [1.165, 1.54) is 25.3 Å². The van der Waals surface area contributed by atoms with Crippen LogP contribution in [0.2, 0.25) is 0 Å². The van der Waals surface area contributed by atoms with Gasteiger partial charge in [-0.25, -0.2) is 12.8 Å². The minimum absolute atomic E-state index is 0.0442. The number of benzene rings is 1. The maximum atomic E-state index is 13.5. The Balaban J connectivity index is 2.52. The Kier molecular flexibility index (Phi) is 6.39. The second kappa shape index (κ2) is 8.33. The average Bonchev–Trinajstić information content (AvgIpc) is 2.58. The van der Waals surface area contributed by atoms with Crippen LogP contribution in [0.15, 0.2) is 66.1 Å². The van der Waals surface area contributed by atoms with Gasteiger partial charge in [-0.05, 0) is 37.6 Å². The summed E-state index contributed by atoms with van der Waals surface area (Å²) in [6.07, 6.45) is 2.69. The first kappa shape index (κ1) is 19.9. The van der Waals surface area contributed by atoms with Crippen LogP contribution in [-0.4, -0.2) is 29.5 Å². The largest absolute Gasteiger partial charge is 0.298 e. The number of carbonyl (C=O) groups excluding carboxylic acids is 1. The Bertz CT molecular complexity index is 881. The summed E-state index contributed by atoms with van der Waals surface area (Å²) in [5.41, 5.74) is 1.50. The lowest BCUT2D eigenvalue weighted by Crippen LogP contribution is -2.43. The van der Waals surface area contributed by atoms with E-state index in [0.29, 0.717) is 5.56 Å². The van der Waals surface area contributed by atoms with Crippen molar-refractivity contribution in [2.75, 3.05) is 0 Å². The smallest absolute Gasteiger partial charge is 0.244 e. The van der Waals surface area contributed by atoms with Gasteiger partial charge in [-0.2, -0.15) is 4.31 Å². The molecule has 0 aliphatic carbocycles. The highest BCUT2D eigenvalue weighted by atomic mass is 32.2. The first-order valence-electron chi connectivity index (χ1n) is 8.03. The van der Waals surface area contributed by atoms with Crippen LogP contribution < -0.4 is 0 Å². The number of nitrogens with zero attached hydrogens (tertiary/aromatic N) is 2. The fraction of sp³-hybridized carbons (Fsp3) is 0.263. The molecule has 5 nitrogen and oxygen atoms in total. The first-order valence-corrected chi connectivity index (χ1v) is 9.47. The summed E-state index contributed by atoms with van der Waals surface area (Å²) in [6.45, 7) is 6.17. The number of aromatic nitrogens is 1. The minimum atomic E-state index is -4.03. The van der Waals surface area contributed by atoms with E-state index in [-0.39, 0.29) is 17.9 Å². The lowest BCUT2D eigenvalue weighted by Gasteiger charge is -2.29. The Hall–Kier alpha value is -2.38. The average molecular weight is 376 g/mol. The molecule has 0 fully saturated rings. The number of rotatable bonds is 8. The number of sulfonamides is 1. The van der Waals surface area contributed by atoms with Gasteiger partial charge in [-0.1, -0.05) is 30.3 Å². The second-order valence-electron chi connectivity index (χ2n) is 6.07. The number of carbonyl (C=O) groups is 1. The van der Waals surface area contributed by atoms with Gasteiger partial charge in [0.2, 0.25) is 10.0 Å². The molecule has 0 radical (unpaired) electrons. The molecule has 0 saturated heterocycles. The van der Waals surface area contributed by atoms with Crippen LogP contribution in [0.4, 0.5) is 4.39 Å². The molecule has 1 atom stereocenters. The molecule has 2 rings (SSSR count). The van der Waals surface area contributed by atoms with Crippen molar-refractivity contribution in [1.29, 1.82) is 0 Å². The summed E-state index contributed by atoms with van der Waals surface area (Å²) in [4.78, 5) is 16.1. The van der Waals surface area contributed by atoms with E-state index in [4.69, 9.17) is 0 Å². The molecule has 0 spiro atoms. The maximum absolute atomic E-state index is 13.5. The van der Waals surface area contributed by atoms with Crippen LogP contribution in [0.5, 0.6) is 0 Å². The SMILES string of the molecule is C=C(F)C[C@H](C(C)=O)N(Cc1cccnc1)S(=O)(=O)c1ccc(C)cc1. The summed E-state index contributed by atoms with van der Waals surface area (Å²) in [6, 6.07) is 8.48. The third-order valence-corrected chi connectivity index (χ3v) is 5.79. The number of ketones is 1. The Morgan fingerprint density at radius 1 is 1.27 bits per heavy atom. The summed E-state index contributed by atoms with van der Waals surface area (Å²) in [5.74, 6) is -1.20. The lowest BCUT2D eigenvalue weighted by atomic mass is 10.1. The van der Waals surface area contributed by atoms with E-state index in [9.17, 15) is 17.6 Å². The zero-order valence-electron chi connectivity index (χ0n) is 14.7. The van der Waals surface area contributed by atoms with Crippen molar-refractivity contribution < 1.29 is 17.6 Å². The molecule has 0 aliphatic heterocycles. The van der Waals surface area contributed by atoms with E-state index in [1.807, 2.05) is 6.92 Å². The molecule has 0 saturated carbocycles. The summed E-state index contributed by atoms with van der Waals surface area (Å²) in [5, 5.41) is 0. The predicted octanol–water partition coefficient (Wildman–Crippen LogP) is 3.41. The standard InChI is InChI=1S/C19H21FN2O3S/c1-14-6-8-18(9-7-14)26(24,25)22(13-17-5-4-10-21-12-17)19(16(3)23)11-15(2)20/h4-10,12,19H,2,11,13H2,1,3H3/t19-/m1/s1. The predicted molar refractivity (Wildman–Crippen MR) is 97.5 cm³/mol. The van der Waals surface area contributed by atoms with Crippen molar-refractivity contribution in [1.82, 2.24) is 9.29 Å². The molecular formula is C19H21FN2O3S. The van der Waals surface area contributed by atoms with Crippen LogP contribution >= 0.6 is 0 Å². The molecule has 2 aromatic rings. The molecular weight excluding hydrogens is 355 g/mol. The van der Waals surface area contributed by atoms with Crippen molar-refractivity contribution in [3.8, 4) is 0 Å². The van der Waals surface area contributed by atoms with Gasteiger partial charge in [0.1, 0.15) is 5.78 Å². The van der Waals surface area contributed by atoms with Gasteiger partial charge >= 0.3 is 0 Å². The highest BCUT2D eigenvalue weighted by Gasteiger charge is 2.34. The quantitative estimate of drug-likeness (QED) is 0.708. The van der Waals surface area contributed by atoms with Crippen molar-refractivity contribution in [2.24, 2.45) is 0 Å². The topological polar surface area (TPSA) is 67.3 Å². The Morgan fingerprint density at radius 3 is 2.42 bits per heavy atom. The number of aryl methyl sites for hydroxylation is 1. The highest BCUT2D eigenvalue weighted by molar-refractivity contribution is 7.89. The number of pyridine rings is 1. The third-order valence-electron chi connectivity index (χ3n) is 3.92. The van der Waals surface area contributed by atoms with Gasteiger partial charge in [-0.3, -0.25) is 9.78 Å². The molecule has 7 heteroatoms. The molecule has 1 heterocycles. The highest BCUT2D eigenvalue weighted by Crippen LogP contribution is 2.25. The van der Waals surface area contributed by atoms with Crippen LogP contribution in [0.3, 0.4) is 0 Å². The van der Waals surface area contributed by atoms with Gasteiger partial charge in [-0.15, -0.1) is 0 Å². The number of hydrogen-bond acceptors (Lipinski definition) is 4. The summed E-state index contributed by atoms with van der Waals surface area (Å²) < 4.78 is 40.8. The lowest BCUT2D eigenvalue weighted by molar-refractivity contribution is -0.120. The van der Waals surface area contributed by atoms with Gasteiger partial charge in [0.15, 0.2) is 0 Å². The van der Waals surface area contributed by atoms with Gasteiger partial charge < -0.3 is 0 Å². The summed E-state index contributed by atoms with van der Waals surface area (Å²) in [7, 11) is -4.03. The van der Waals surface area contributed by atoms with E-state index < -0.39 is 27.7 Å². The normalized spacial score (nSPS) is 12.8. The van der Waals surface area contributed by atoms with E-state index >= 15 is 0 Å². The fourth-order valence-corrected chi connectivity index (χ4v) is 4.17. The fourth-order valence-electron chi connectivity index (χ4n) is 2.54. The first-order chi connectivity index (χ1) is 12.2. The molecule has 0 N–H and O–H groups in total. The van der Waals surface area contributed by atoms with E-state index in [1.54, 1.807) is 30.5 Å². The Labute approximate surface area is 153 Å². The van der Waals surface area contributed by atoms with Gasteiger partial charge in [0.25, 0.3) is 0 Å². The monoisotopic (exact) mass is 376 g/mol.